The first kappa shape index (κ1) is 25.6. The summed E-state index contributed by atoms with van der Waals surface area (Å²) < 4.78 is 40.4. The number of amides is 2. The molecule has 2 N–H and O–H groups in total. The van der Waals surface area contributed by atoms with Crippen LogP contribution in [-0.2, 0) is 18.0 Å². The number of anilines is 1. The highest BCUT2D eigenvalue weighted by atomic mass is 35.5. The molecule has 180 valence electrons. The number of halogens is 4. The molecule has 1 heterocycles. The minimum absolute atomic E-state index is 0.00882. The zero-order valence-corrected chi connectivity index (χ0v) is 20.0. The molecule has 0 aliphatic rings. The molecule has 2 aromatic carbocycles. The lowest BCUT2D eigenvalue weighted by Crippen LogP contribution is -2.28. The number of carbonyl (C=O) groups excluding carboxylic acids is 2. The third-order valence-electron chi connectivity index (χ3n) is 4.78. The molecule has 0 radical (unpaired) electrons. The maximum Gasteiger partial charge on any atom is 0.416 e. The maximum atomic E-state index is 12.9. The van der Waals surface area contributed by atoms with Gasteiger partial charge in [-0.05, 0) is 44.2 Å². The fourth-order valence-electron chi connectivity index (χ4n) is 3.07. The van der Waals surface area contributed by atoms with Gasteiger partial charge in [-0.1, -0.05) is 41.1 Å². The van der Waals surface area contributed by atoms with Gasteiger partial charge in [-0.2, -0.15) is 13.2 Å². The quantitative estimate of drug-likeness (QED) is 0.435. The van der Waals surface area contributed by atoms with Gasteiger partial charge < -0.3 is 15.2 Å². The normalized spacial score (nSPS) is 12.3. The molecule has 0 spiro atoms. The summed E-state index contributed by atoms with van der Waals surface area (Å²) in [5.74, 6) is -0.477. The van der Waals surface area contributed by atoms with Crippen LogP contribution in [0.25, 0.3) is 0 Å². The Bertz CT molecular complexity index is 1220. The third-order valence-corrected chi connectivity index (χ3v) is 6.13. The van der Waals surface area contributed by atoms with E-state index >= 15 is 0 Å². The molecule has 1 aromatic heterocycles. The molecule has 0 aliphatic heterocycles. The van der Waals surface area contributed by atoms with Crippen LogP contribution in [0.3, 0.4) is 0 Å². The summed E-state index contributed by atoms with van der Waals surface area (Å²) in [4.78, 5) is 24.8. The van der Waals surface area contributed by atoms with Gasteiger partial charge in [0.25, 0.3) is 5.91 Å². The number of benzene rings is 2. The van der Waals surface area contributed by atoms with Crippen molar-refractivity contribution in [2.24, 2.45) is 7.05 Å². The standard InChI is InChI=1S/C22H21ClF3N5O2S/c1-12-5-4-6-14(9-12)20(33)27-13(2)19-29-30-21(31(19)3)34-11-18(32)28-17-10-15(22(24,25)26)7-8-16(17)23/h4-10,13H,11H2,1-3H3,(H,27,33)(H,28,32)/t13-/m0/s1. The van der Waals surface area contributed by atoms with Crippen LogP contribution in [-0.4, -0.2) is 32.3 Å². The minimum atomic E-state index is -4.56. The molecule has 0 fully saturated rings. The van der Waals surface area contributed by atoms with Gasteiger partial charge in [0, 0.05) is 12.6 Å². The molecule has 1 atom stereocenters. The van der Waals surface area contributed by atoms with Gasteiger partial charge in [-0.25, -0.2) is 0 Å². The molecule has 0 saturated heterocycles. The van der Waals surface area contributed by atoms with Crippen LogP contribution in [0.1, 0.15) is 40.3 Å². The van der Waals surface area contributed by atoms with Crippen molar-refractivity contribution in [1.82, 2.24) is 20.1 Å². The number of rotatable bonds is 7. The average molecular weight is 512 g/mol. The van der Waals surface area contributed by atoms with Crippen LogP contribution >= 0.6 is 23.4 Å². The molecule has 3 rings (SSSR count). The van der Waals surface area contributed by atoms with Crippen molar-refractivity contribution in [3.63, 3.8) is 0 Å². The van der Waals surface area contributed by atoms with Gasteiger partial charge in [0.15, 0.2) is 11.0 Å². The van der Waals surface area contributed by atoms with E-state index < -0.39 is 23.7 Å². The number of hydrogen-bond acceptors (Lipinski definition) is 5. The second-order valence-electron chi connectivity index (χ2n) is 7.49. The molecular weight excluding hydrogens is 491 g/mol. The first-order chi connectivity index (χ1) is 16.0. The molecule has 12 heteroatoms. The van der Waals surface area contributed by atoms with E-state index in [0.717, 1.165) is 35.5 Å². The Balaban J connectivity index is 1.61. The van der Waals surface area contributed by atoms with Crippen LogP contribution in [0.2, 0.25) is 5.02 Å². The summed E-state index contributed by atoms with van der Waals surface area (Å²) >= 11 is 6.96. The highest BCUT2D eigenvalue weighted by molar-refractivity contribution is 7.99. The largest absolute Gasteiger partial charge is 0.416 e. The van der Waals surface area contributed by atoms with Crippen molar-refractivity contribution >= 4 is 40.9 Å². The smallest absolute Gasteiger partial charge is 0.342 e. The van der Waals surface area contributed by atoms with Crippen molar-refractivity contribution in [3.05, 3.63) is 70.0 Å². The second kappa shape index (κ2) is 10.5. The third kappa shape index (κ3) is 6.29. The molecule has 0 aliphatic carbocycles. The van der Waals surface area contributed by atoms with E-state index in [-0.39, 0.29) is 22.4 Å². The van der Waals surface area contributed by atoms with Gasteiger partial charge >= 0.3 is 6.18 Å². The van der Waals surface area contributed by atoms with E-state index in [1.807, 2.05) is 13.0 Å². The van der Waals surface area contributed by atoms with E-state index in [9.17, 15) is 22.8 Å². The number of nitrogens with one attached hydrogen (secondary N) is 2. The lowest BCUT2D eigenvalue weighted by Gasteiger charge is -2.14. The fourth-order valence-corrected chi connectivity index (χ4v) is 3.96. The monoisotopic (exact) mass is 511 g/mol. The van der Waals surface area contributed by atoms with Crippen LogP contribution in [0.4, 0.5) is 18.9 Å². The van der Waals surface area contributed by atoms with Gasteiger partial charge in [-0.15, -0.1) is 10.2 Å². The van der Waals surface area contributed by atoms with E-state index in [2.05, 4.69) is 20.8 Å². The Morgan fingerprint density at radius 3 is 2.59 bits per heavy atom. The van der Waals surface area contributed by atoms with Crippen LogP contribution < -0.4 is 10.6 Å². The molecule has 3 aromatic rings. The highest BCUT2D eigenvalue weighted by Crippen LogP contribution is 2.34. The Morgan fingerprint density at radius 1 is 1.18 bits per heavy atom. The summed E-state index contributed by atoms with van der Waals surface area (Å²) in [6.45, 7) is 3.65. The number of aryl methyl sites for hydroxylation is 1. The van der Waals surface area contributed by atoms with E-state index in [4.69, 9.17) is 11.6 Å². The molecular formula is C22H21ClF3N5O2S. The number of nitrogens with zero attached hydrogens (tertiary/aromatic N) is 3. The van der Waals surface area contributed by atoms with Crippen molar-refractivity contribution in [1.29, 1.82) is 0 Å². The summed E-state index contributed by atoms with van der Waals surface area (Å²) in [6, 6.07) is 9.41. The first-order valence-electron chi connectivity index (χ1n) is 10.0. The Hall–Kier alpha value is -3.05. The number of aromatic nitrogens is 3. The predicted octanol–water partition coefficient (Wildman–Crippen LogP) is 5.02. The lowest BCUT2D eigenvalue weighted by molar-refractivity contribution is -0.137. The topological polar surface area (TPSA) is 88.9 Å². The molecule has 2 amide bonds. The Kier molecular flexibility index (Phi) is 7.88. The summed E-state index contributed by atoms with van der Waals surface area (Å²) in [7, 11) is 1.69. The highest BCUT2D eigenvalue weighted by Gasteiger charge is 2.31. The number of carbonyl (C=O) groups is 2. The molecule has 0 saturated carbocycles. The molecule has 0 bridgehead atoms. The van der Waals surface area contributed by atoms with Crippen molar-refractivity contribution < 1.29 is 22.8 Å². The van der Waals surface area contributed by atoms with E-state index in [0.29, 0.717) is 16.5 Å². The van der Waals surface area contributed by atoms with Crippen molar-refractivity contribution in [2.75, 3.05) is 11.1 Å². The lowest BCUT2D eigenvalue weighted by atomic mass is 10.1. The molecule has 7 nitrogen and oxygen atoms in total. The Labute approximate surface area is 203 Å². The average Bonchev–Trinajstić information content (AvgIpc) is 3.13. The first-order valence-corrected chi connectivity index (χ1v) is 11.4. The van der Waals surface area contributed by atoms with Gasteiger partial charge in [0.1, 0.15) is 0 Å². The molecule has 34 heavy (non-hydrogen) atoms. The summed E-state index contributed by atoms with van der Waals surface area (Å²) in [6.07, 6.45) is -4.56. The van der Waals surface area contributed by atoms with Crippen molar-refractivity contribution in [2.45, 2.75) is 31.2 Å². The van der Waals surface area contributed by atoms with E-state index in [1.165, 1.54) is 0 Å². The second-order valence-corrected chi connectivity index (χ2v) is 8.84. The summed E-state index contributed by atoms with van der Waals surface area (Å²) in [5.41, 5.74) is 0.434. The zero-order valence-electron chi connectivity index (χ0n) is 18.4. The SMILES string of the molecule is Cc1cccc(C(=O)N[C@@H](C)c2nnc(SCC(=O)Nc3cc(C(F)(F)F)ccc3Cl)n2C)c1. The number of thioether (sulfide) groups is 1. The van der Waals surface area contributed by atoms with Crippen LogP contribution in [0.15, 0.2) is 47.6 Å². The van der Waals surface area contributed by atoms with Crippen molar-refractivity contribution in [3.8, 4) is 0 Å². The maximum absolute atomic E-state index is 12.9. The fraction of sp³-hybridized carbons (Fsp3) is 0.273. The number of alkyl halides is 3. The predicted molar refractivity (Wildman–Crippen MR) is 124 cm³/mol. The van der Waals surface area contributed by atoms with Crippen LogP contribution in [0, 0.1) is 6.92 Å². The van der Waals surface area contributed by atoms with E-state index in [1.54, 1.807) is 36.7 Å². The number of hydrogen-bond donors (Lipinski definition) is 2. The van der Waals surface area contributed by atoms with Gasteiger partial charge in [0.05, 0.1) is 28.1 Å². The summed E-state index contributed by atoms with van der Waals surface area (Å²) in [5, 5.41) is 13.8. The van der Waals surface area contributed by atoms with Crippen LogP contribution in [0.5, 0.6) is 0 Å². The molecule has 0 unspecified atom stereocenters. The van der Waals surface area contributed by atoms with Gasteiger partial charge in [-0.3, -0.25) is 9.59 Å². The van der Waals surface area contributed by atoms with Gasteiger partial charge in [0.2, 0.25) is 5.91 Å². The minimum Gasteiger partial charge on any atom is -0.342 e. The zero-order chi connectivity index (χ0) is 25.0. The Morgan fingerprint density at radius 2 is 1.91 bits per heavy atom.